The lowest BCUT2D eigenvalue weighted by molar-refractivity contribution is -0.120. The van der Waals surface area contributed by atoms with Crippen LogP contribution in [0.5, 0.6) is 5.75 Å². The molecule has 4 rings (SSSR count). The van der Waals surface area contributed by atoms with Gasteiger partial charge in [-0.25, -0.2) is 4.90 Å². The van der Waals surface area contributed by atoms with Crippen molar-refractivity contribution in [3.8, 4) is 5.75 Å². The smallest absolute Gasteiger partial charge is 0.282 e. The average Bonchev–Trinajstić information content (AvgIpc) is 3.03. The highest BCUT2D eigenvalue weighted by molar-refractivity contribution is 6.46. The Morgan fingerprint density at radius 2 is 1.53 bits per heavy atom. The number of benzene rings is 3. The maximum absolute atomic E-state index is 13.4. The number of ether oxygens (including phenoxy) is 1. The highest BCUT2D eigenvalue weighted by Gasteiger charge is 2.40. The number of hydrogen-bond acceptors (Lipinski definition) is 4. The molecule has 32 heavy (non-hydrogen) atoms. The lowest BCUT2D eigenvalue weighted by Gasteiger charge is -2.15. The van der Waals surface area contributed by atoms with Gasteiger partial charge >= 0.3 is 0 Å². The quantitative estimate of drug-likeness (QED) is 0.422. The second kappa shape index (κ2) is 9.47. The molecule has 1 heterocycles. The summed E-state index contributed by atoms with van der Waals surface area (Å²) in [5.41, 5.74) is 2.11. The molecular formula is C25H20Cl2N2O3. The molecule has 1 N–H and O–H groups in total. The molecule has 0 radical (unpaired) electrons. The van der Waals surface area contributed by atoms with E-state index in [2.05, 4.69) is 5.32 Å². The number of carbonyl (C=O) groups is 2. The molecule has 0 fully saturated rings. The van der Waals surface area contributed by atoms with Gasteiger partial charge in [0.2, 0.25) is 0 Å². The second-order valence-electron chi connectivity index (χ2n) is 7.18. The van der Waals surface area contributed by atoms with Gasteiger partial charge in [-0.05, 0) is 60.5 Å². The van der Waals surface area contributed by atoms with Crippen molar-refractivity contribution in [3.05, 3.63) is 94.1 Å². The van der Waals surface area contributed by atoms with Gasteiger partial charge in [-0.15, -0.1) is 0 Å². The van der Waals surface area contributed by atoms with Crippen molar-refractivity contribution in [1.82, 2.24) is 0 Å². The van der Waals surface area contributed by atoms with Crippen LogP contribution in [-0.4, -0.2) is 18.4 Å². The zero-order valence-electron chi connectivity index (χ0n) is 17.3. The zero-order chi connectivity index (χ0) is 22.7. The van der Waals surface area contributed by atoms with Crippen LogP contribution in [0.1, 0.15) is 18.9 Å². The number of amides is 2. The van der Waals surface area contributed by atoms with Crippen LogP contribution < -0.4 is 15.0 Å². The monoisotopic (exact) mass is 466 g/mol. The molecular weight excluding hydrogens is 447 g/mol. The lowest BCUT2D eigenvalue weighted by Crippen LogP contribution is -2.32. The predicted molar refractivity (Wildman–Crippen MR) is 128 cm³/mol. The molecule has 3 aromatic rings. The molecule has 0 atom stereocenters. The van der Waals surface area contributed by atoms with Gasteiger partial charge in [0.1, 0.15) is 11.4 Å². The van der Waals surface area contributed by atoms with Crippen molar-refractivity contribution in [3.63, 3.8) is 0 Å². The fourth-order valence-corrected chi connectivity index (χ4v) is 3.63. The fourth-order valence-electron chi connectivity index (χ4n) is 3.38. The third-order valence-electron chi connectivity index (χ3n) is 4.88. The molecule has 1 aliphatic heterocycles. The summed E-state index contributed by atoms with van der Waals surface area (Å²) in [7, 11) is 0. The topological polar surface area (TPSA) is 58.6 Å². The molecule has 0 saturated heterocycles. The van der Waals surface area contributed by atoms with Crippen LogP contribution in [0.3, 0.4) is 0 Å². The summed E-state index contributed by atoms with van der Waals surface area (Å²) in [4.78, 5) is 28.0. The third-order valence-corrected chi connectivity index (χ3v) is 5.38. The Morgan fingerprint density at radius 3 is 2.19 bits per heavy atom. The van der Waals surface area contributed by atoms with Crippen molar-refractivity contribution in [2.75, 3.05) is 16.8 Å². The normalized spacial score (nSPS) is 13.7. The summed E-state index contributed by atoms with van der Waals surface area (Å²) < 4.78 is 5.69. The summed E-state index contributed by atoms with van der Waals surface area (Å²) in [5, 5.41) is 4.19. The van der Waals surface area contributed by atoms with Crippen molar-refractivity contribution in [1.29, 1.82) is 0 Å². The Balaban J connectivity index is 1.75. The highest BCUT2D eigenvalue weighted by atomic mass is 35.5. The highest BCUT2D eigenvalue weighted by Crippen LogP contribution is 2.35. The Bertz CT molecular complexity index is 1190. The van der Waals surface area contributed by atoms with Crippen LogP contribution in [0.4, 0.5) is 11.4 Å². The summed E-state index contributed by atoms with van der Waals surface area (Å²) in [6, 6.07) is 20.6. The number of nitrogens with one attached hydrogen (secondary N) is 1. The summed E-state index contributed by atoms with van der Waals surface area (Å²) in [6.45, 7) is 2.61. The van der Waals surface area contributed by atoms with Crippen LogP contribution in [0.2, 0.25) is 10.0 Å². The van der Waals surface area contributed by atoms with Crippen molar-refractivity contribution < 1.29 is 14.3 Å². The van der Waals surface area contributed by atoms with E-state index in [-0.39, 0.29) is 11.3 Å². The van der Waals surface area contributed by atoms with Gasteiger partial charge in [0.25, 0.3) is 11.8 Å². The zero-order valence-corrected chi connectivity index (χ0v) is 18.8. The molecule has 0 aliphatic carbocycles. The van der Waals surface area contributed by atoms with Crippen molar-refractivity contribution in [2.24, 2.45) is 0 Å². The molecule has 0 aromatic heterocycles. The SMILES string of the molecule is CCCOc1cccc(NC2=C(c3ccc(Cl)cc3)C(=O)N(c3ccc(Cl)cc3)C2=O)c1. The molecule has 0 bridgehead atoms. The maximum Gasteiger partial charge on any atom is 0.282 e. The Hall–Kier alpha value is -3.28. The van der Waals surface area contributed by atoms with Gasteiger partial charge < -0.3 is 10.1 Å². The Kier molecular flexibility index (Phi) is 6.49. The summed E-state index contributed by atoms with van der Waals surface area (Å²) in [5.74, 6) is -0.209. The minimum absolute atomic E-state index is 0.180. The van der Waals surface area contributed by atoms with E-state index in [0.29, 0.717) is 39.3 Å². The van der Waals surface area contributed by atoms with Gasteiger partial charge in [0, 0.05) is 21.8 Å². The minimum atomic E-state index is -0.456. The molecule has 7 heteroatoms. The Labute approximate surface area is 196 Å². The number of imide groups is 1. The van der Waals surface area contributed by atoms with Gasteiger partial charge in [0.05, 0.1) is 17.9 Å². The first-order valence-corrected chi connectivity index (χ1v) is 10.9. The van der Waals surface area contributed by atoms with E-state index in [4.69, 9.17) is 27.9 Å². The van der Waals surface area contributed by atoms with Gasteiger partial charge in [-0.2, -0.15) is 0 Å². The van der Waals surface area contributed by atoms with E-state index >= 15 is 0 Å². The van der Waals surface area contributed by atoms with Crippen LogP contribution in [0.15, 0.2) is 78.5 Å². The molecule has 0 spiro atoms. The van der Waals surface area contributed by atoms with Gasteiger partial charge in [-0.3, -0.25) is 9.59 Å². The molecule has 5 nitrogen and oxygen atoms in total. The van der Waals surface area contributed by atoms with E-state index in [0.717, 1.165) is 11.3 Å². The van der Waals surface area contributed by atoms with E-state index in [1.807, 2.05) is 25.1 Å². The number of halogens is 2. The number of carbonyl (C=O) groups excluding carboxylic acids is 2. The van der Waals surface area contributed by atoms with E-state index in [1.165, 1.54) is 0 Å². The molecule has 0 saturated carbocycles. The van der Waals surface area contributed by atoms with Crippen LogP contribution in [-0.2, 0) is 9.59 Å². The van der Waals surface area contributed by atoms with Crippen LogP contribution in [0.25, 0.3) is 5.57 Å². The second-order valence-corrected chi connectivity index (χ2v) is 8.05. The first kappa shape index (κ1) is 21.9. The maximum atomic E-state index is 13.4. The van der Waals surface area contributed by atoms with Gasteiger partial charge in [-0.1, -0.05) is 48.3 Å². The van der Waals surface area contributed by atoms with E-state index < -0.39 is 11.8 Å². The number of hydrogen-bond donors (Lipinski definition) is 1. The first-order valence-electron chi connectivity index (χ1n) is 10.1. The first-order chi connectivity index (χ1) is 15.5. The van der Waals surface area contributed by atoms with Crippen LogP contribution >= 0.6 is 23.2 Å². The number of anilines is 2. The van der Waals surface area contributed by atoms with Crippen molar-refractivity contribution in [2.45, 2.75) is 13.3 Å². The third kappa shape index (κ3) is 4.49. The molecule has 0 unspecified atom stereocenters. The summed E-state index contributed by atoms with van der Waals surface area (Å²) in [6.07, 6.45) is 0.882. The molecule has 1 aliphatic rings. The van der Waals surface area contributed by atoms with Crippen LogP contribution in [0, 0.1) is 0 Å². The molecule has 162 valence electrons. The van der Waals surface area contributed by atoms with Crippen molar-refractivity contribution >= 4 is 52.0 Å². The predicted octanol–water partition coefficient (Wildman–Crippen LogP) is 6.18. The van der Waals surface area contributed by atoms with E-state index in [1.54, 1.807) is 54.6 Å². The number of rotatable bonds is 7. The standard InChI is InChI=1S/C25H20Cl2N2O3/c1-2-14-32-21-5-3-4-19(15-21)28-23-22(16-6-8-17(26)9-7-16)24(30)29(25(23)31)20-12-10-18(27)11-13-20/h3-13,15,28H,2,14H2,1H3. The average molecular weight is 467 g/mol. The fraction of sp³-hybridized carbons (Fsp3) is 0.120. The summed E-state index contributed by atoms with van der Waals surface area (Å²) >= 11 is 12.0. The number of nitrogens with zero attached hydrogens (tertiary/aromatic N) is 1. The molecule has 2 amide bonds. The minimum Gasteiger partial charge on any atom is -0.494 e. The van der Waals surface area contributed by atoms with E-state index in [9.17, 15) is 9.59 Å². The molecule has 3 aromatic carbocycles. The lowest BCUT2D eigenvalue weighted by atomic mass is 10.0. The Morgan fingerprint density at radius 1 is 0.875 bits per heavy atom. The largest absolute Gasteiger partial charge is 0.494 e. The van der Waals surface area contributed by atoms with Gasteiger partial charge in [0.15, 0.2) is 0 Å².